The molecule has 0 radical (unpaired) electrons. The first-order valence-corrected chi connectivity index (χ1v) is 8.70. The van der Waals surface area contributed by atoms with E-state index in [4.69, 9.17) is 0 Å². The number of benzene rings is 1. The lowest BCUT2D eigenvalue weighted by atomic mass is 10.2. The van der Waals surface area contributed by atoms with Gasteiger partial charge in [0, 0.05) is 0 Å². The molecule has 140 valence electrons. The number of anilines is 1. The van der Waals surface area contributed by atoms with Crippen molar-refractivity contribution >= 4 is 21.6 Å². The fourth-order valence-corrected chi connectivity index (χ4v) is 3.34. The zero-order valence-electron chi connectivity index (χ0n) is 13.6. The molecular weight excluding hydrogens is 376 g/mol. The van der Waals surface area contributed by atoms with Crippen LogP contribution in [-0.4, -0.2) is 24.1 Å². The van der Waals surface area contributed by atoms with Crippen LogP contribution < -0.4 is 5.32 Å². The van der Waals surface area contributed by atoms with E-state index in [0.29, 0.717) is 0 Å². The molecule has 0 bridgehead atoms. The van der Waals surface area contributed by atoms with Crippen LogP contribution in [0.4, 0.5) is 23.4 Å². The number of sulfone groups is 1. The number of carbonyl (C=O) groups excluding carboxylic acids is 1. The highest BCUT2D eigenvalue weighted by Crippen LogP contribution is 2.29. The van der Waals surface area contributed by atoms with Crippen LogP contribution in [0.2, 0.25) is 0 Å². The summed E-state index contributed by atoms with van der Waals surface area (Å²) in [6.45, 7) is 2.18. The number of amides is 1. The molecule has 0 aliphatic heterocycles. The highest BCUT2D eigenvalue weighted by atomic mass is 32.2. The number of nitrogens with zero attached hydrogens (tertiary/aromatic N) is 1. The lowest BCUT2D eigenvalue weighted by Crippen LogP contribution is -2.44. The van der Waals surface area contributed by atoms with Gasteiger partial charge in [0.2, 0.25) is 5.91 Å². The standard InChI is InChI=1S/C16H14F4N2O3S/c1-15(2,26(24,25)11-8-6-10(17)7-9-11)14(23)22-13-5-3-4-12(21-13)16(18,19)20/h3-9H,1-2H3,(H,21,22,23). The number of rotatable bonds is 4. The highest BCUT2D eigenvalue weighted by Gasteiger charge is 2.43. The molecule has 0 saturated heterocycles. The molecule has 0 atom stereocenters. The number of aromatic nitrogens is 1. The lowest BCUT2D eigenvalue weighted by Gasteiger charge is -2.23. The van der Waals surface area contributed by atoms with Crippen LogP contribution in [0.5, 0.6) is 0 Å². The van der Waals surface area contributed by atoms with Crippen LogP contribution in [0.15, 0.2) is 47.4 Å². The van der Waals surface area contributed by atoms with Crippen molar-refractivity contribution in [2.24, 2.45) is 0 Å². The molecule has 0 unspecified atom stereocenters. The van der Waals surface area contributed by atoms with Gasteiger partial charge in [0.25, 0.3) is 0 Å². The maximum absolute atomic E-state index is 13.0. The van der Waals surface area contributed by atoms with Gasteiger partial charge in [-0.25, -0.2) is 17.8 Å². The van der Waals surface area contributed by atoms with Gasteiger partial charge >= 0.3 is 6.18 Å². The van der Waals surface area contributed by atoms with Crippen molar-refractivity contribution in [3.05, 3.63) is 54.0 Å². The summed E-state index contributed by atoms with van der Waals surface area (Å²) < 4.78 is 74.3. The number of hydrogen-bond donors (Lipinski definition) is 1. The predicted octanol–water partition coefficient (Wildman–Crippen LogP) is 3.43. The number of alkyl halides is 3. The zero-order valence-corrected chi connectivity index (χ0v) is 14.5. The fourth-order valence-electron chi connectivity index (χ4n) is 1.96. The first kappa shape index (κ1) is 19.8. The molecule has 2 aromatic rings. The molecular formula is C16H14F4N2O3S. The van der Waals surface area contributed by atoms with Gasteiger partial charge in [0.15, 0.2) is 9.84 Å². The zero-order chi connectivity index (χ0) is 19.8. The van der Waals surface area contributed by atoms with Crippen LogP contribution in [0, 0.1) is 5.82 Å². The Balaban J connectivity index is 2.32. The second-order valence-electron chi connectivity index (χ2n) is 5.83. The van der Waals surface area contributed by atoms with Gasteiger partial charge in [-0.1, -0.05) is 6.07 Å². The van der Waals surface area contributed by atoms with Gasteiger partial charge in [-0.15, -0.1) is 0 Å². The van der Waals surface area contributed by atoms with Crippen molar-refractivity contribution in [1.29, 1.82) is 0 Å². The van der Waals surface area contributed by atoms with Gasteiger partial charge in [-0.05, 0) is 50.2 Å². The number of nitrogens with one attached hydrogen (secondary N) is 1. The van der Waals surface area contributed by atoms with Crippen molar-refractivity contribution in [1.82, 2.24) is 4.98 Å². The smallest absolute Gasteiger partial charge is 0.309 e. The Morgan fingerprint density at radius 3 is 2.15 bits per heavy atom. The van der Waals surface area contributed by atoms with Crippen molar-refractivity contribution in [2.45, 2.75) is 29.7 Å². The molecule has 0 aliphatic rings. The molecule has 0 aliphatic carbocycles. The normalized spacial score (nSPS) is 12.7. The minimum absolute atomic E-state index is 0.295. The number of hydrogen-bond acceptors (Lipinski definition) is 4. The topological polar surface area (TPSA) is 76.1 Å². The van der Waals surface area contributed by atoms with E-state index < -0.39 is 44.0 Å². The van der Waals surface area contributed by atoms with Gasteiger partial charge in [0.1, 0.15) is 22.1 Å². The largest absolute Gasteiger partial charge is 0.433 e. The molecule has 26 heavy (non-hydrogen) atoms. The van der Waals surface area contributed by atoms with E-state index in [9.17, 15) is 30.8 Å². The molecule has 0 fully saturated rings. The monoisotopic (exact) mass is 390 g/mol. The second kappa shape index (κ2) is 6.67. The van der Waals surface area contributed by atoms with Gasteiger partial charge in [-0.2, -0.15) is 13.2 Å². The van der Waals surface area contributed by atoms with Crippen LogP contribution in [0.3, 0.4) is 0 Å². The lowest BCUT2D eigenvalue weighted by molar-refractivity contribution is -0.141. The number of pyridine rings is 1. The molecule has 0 spiro atoms. The van der Waals surface area contributed by atoms with Crippen LogP contribution in [0.25, 0.3) is 0 Å². The Morgan fingerprint density at radius 2 is 1.62 bits per heavy atom. The molecule has 1 aromatic carbocycles. The third-order valence-electron chi connectivity index (χ3n) is 3.62. The minimum Gasteiger partial charge on any atom is -0.309 e. The maximum atomic E-state index is 13.0. The summed E-state index contributed by atoms with van der Waals surface area (Å²) in [5.41, 5.74) is -1.23. The first-order chi connectivity index (χ1) is 11.9. The Morgan fingerprint density at radius 1 is 1.04 bits per heavy atom. The van der Waals surface area contributed by atoms with Gasteiger partial charge in [-0.3, -0.25) is 4.79 Å². The maximum Gasteiger partial charge on any atom is 0.433 e. The van der Waals surface area contributed by atoms with E-state index >= 15 is 0 Å². The summed E-state index contributed by atoms with van der Waals surface area (Å²) >= 11 is 0. The van der Waals surface area contributed by atoms with Crippen LogP contribution in [-0.2, 0) is 20.8 Å². The van der Waals surface area contributed by atoms with Gasteiger partial charge in [0.05, 0.1) is 4.90 Å². The Labute approximate surface area is 147 Å². The first-order valence-electron chi connectivity index (χ1n) is 7.21. The molecule has 0 saturated carbocycles. The average Bonchev–Trinajstić information content (AvgIpc) is 2.54. The van der Waals surface area contributed by atoms with E-state index in [-0.39, 0.29) is 4.90 Å². The average molecular weight is 390 g/mol. The second-order valence-corrected chi connectivity index (χ2v) is 8.33. The minimum atomic E-state index is -4.71. The van der Waals surface area contributed by atoms with Crippen molar-refractivity contribution < 1.29 is 30.8 Å². The molecule has 2 rings (SSSR count). The Hall–Kier alpha value is -2.49. The molecule has 10 heteroatoms. The van der Waals surface area contributed by atoms with Crippen molar-refractivity contribution in [3.63, 3.8) is 0 Å². The molecule has 1 N–H and O–H groups in total. The van der Waals surface area contributed by atoms with Gasteiger partial charge < -0.3 is 5.32 Å². The quantitative estimate of drug-likeness (QED) is 0.641. The third kappa shape index (κ3) is 3.85. The summed E-state index contributed by atoms with van der Waals surface area (Å²) in [5, 5.41) is 2.08. The summed E-state index contributed by atoms with van der Waals surface area (Å²) in [4.78, 5) is 15.4. The van der Waals surface area contributed by atoms with E-state index in [0.717, 1.165) is 56.3 Å². The Kier molecular flexibility index (Phi) is 5.09. The predicted molar refractivity (Wildman–Crippen MR) is 85.5 cm³/mol. The number of carbonyl (C=O) groups is 1. The number of halogens is 4. The van der Waals surface area contributed by atoms with E-state index in [2.05, 4.69) is 10.3 Å². The van der Waals surface area contributed by atoms with Crippen LogP contribution >= 0.6 is 0 Å². The summed E-state index contributed by atoms with van der Waals surface area (Å²) in [7, 11) is -4.24. The summed E-state index contributed by atoms with van der Waals surface area (Å²) in [6, 6.07) is 6.71. The molecule has 5 nitrogen and oxygen atoms in total. The van der Waals surface area contributed by atoms with E-state index in [1.165, 1.54) is 0 Å². The highest BCUT2D eigenvalue weighted by molar-refractivity contribution is 7.93. The molecule has 1 amide bonds. The summed E-state index contributed by atoms with van der Waals surface area (Å²) in [5.74, 6) is -2.17. The molecule has 1 heterocycles. The van der Waals surface area contributed by atoms with Crippen molar-refractivity contribution in [3.8, 4) is 0 Å². The van der Waals surface area contributed by atoms with E-state index in [1.54, 1.807) is 0 Å². The third-order valence-corrected chi connectivity index (χ3v) is 6.05. The molecule has 1 aromatic heterocycles. The van der Waals surface area contributed by atoms with Crippen LogP contribution in [0.1, 0.15) is 19.5 Å². The summed E-state index contributed by atoms with van der Waals surface area (Å²) in [6.07, 6.45) is -4.71. The van der Waals surface area contributed by atoms with Crippen molar-refractivity contribution in [2.75, 3.05) is 5.32 Å². The SMILES string of the molecule is CC(C)(C(=O)Nc1cccc(C(F)(F)F)n1)S(=O)(=O)c1ccc(F)cc1. The van der Waals surface area contributed by atoms with E-state index in [1.807, 2.05) is 0 Å². The fraction of sp³-hybridized carbons (Fsp3) is 0.250. The Bertz CT molecular complexity index is 923.